The maximum Gasteiger partial charge on any atom is 0.0871 e. The molecule has 2 heteroatoms. The van der Waals surface area contributed by atoms with Gasteiger partial charge in [-0.2, -0.15) is 0 Å². The lowest BCUT2D eigenvalue weighted by molar-refractivity contribution is 0.0191. The van der Waals surface area contributed by atoms with E-state index in [-0.39, 0.29) is 5.60 Å². The first-order valence-electron chi connectivity index (χ1n) is 4.28. The van der Waals surface area contributed by atoms with Gasteiger partial charge in [-0.1, -0.05) is 22.0 Å². The van der Waals surface area contributed by atoms with Crippen LogP contribution in [0.4, 0.5) is 0 Å². The van der Waals surface area contributed by atoms with Crippen LogP contribution in [0.2, 0.25) is 0 Å². The van der Waals surface area contributed by atoms with Gasteiger partial charge in [0.15, 0.2) is 0 Å². The van der Waals surface area contributed by atoms with Crippen LogP contribution >= 0.6 is 15.9 Å². The summed E-state index contributed by atoms with van der Waals surface area (Å²) in [4.78, 5) is 0. The topological polar surface area (TPSA) is 9.23 Å². The van der Waals surface area contributed by atoms with Gasteiger partial charge in [0.25, 0.3) is 0 Å². The minimum atomic E-state index is -0.214. The van der Waals surface area contributed by atoms with Gasteiger partial charge in [-0.05, 0) is 44.0 Å². The van der Waals surface area contributed by atoms with Gasteiger partial charge < -0.3 is 4.74 Å². The fourth-order valence-electron chi connectivity index (χ4n) is 1.20. The number of hydrogen-bond acceptors (Lipinski definition) is 1. The number of ether oxygens (including phenoxy) is 1. The molecule has 0 saturated carbocycles. The van der Waals surface area contributed by atoms with Crippen molar-refractivity contribution in [3.63, 3.8) is 0 Å². The molecule has 0 unspecified atom stereocenters. The first-order valence-corrected chi connectivity index (χ1v) is 5.08. The molecule has 0 N–H and O–H groups in total. The number of benzene rings is 1. The van der Waals surface area contributed by atoms with Crippen LogP contribution in [0.15, 0.2) is 22.7 Å². The average molecular weight is 243 g/mol. The highest BCUT2D eigenvalue weighted by molar-refractivity contribution is 9.10. The van der Waals surface area contributed by atoms with Gasteiger partial charge in [0.1, 0.15) is 0 Å². The summed E-state index contributed by atoms with van der Waals surface area (Å²) in [5, 5.41) is 0. The third-order valence-electron chi connectivity index (χ3n) is 2.25. The van der Waals surface area contributed by atoms with Gasteiger partial charge >= 0.3 is 0 Å². The Hall–Kier alpha value is -0.340. The molecule has 72 valence electrons. The molecule has 13 heavy (non-hydrogen) atoms. The van der Waals surface area contributed by atoms with E-state index in [2.05, 4.69) is 54.9 Å². The molecule has 0 radical (unpaired) electrons. The molecule has 0 fully saturated rings. The number of hydrogen-bond donors (Lipinski definition) is 0. The molecule has 0 aliphatic carbocycles. The number of aryl methyl sites for hydroxylation is 1. The Kier molecular flexibility index (Phi) is 3.14. The zero-order chi connectivity index (χ0) is 10.1. The van der Waals surface area contributed by atoms with Crippen molar-refractivity contribution in [1.29, 1.82) is 0 Å². The quantitative estimate of drug-likeness (QED) is 0.770. The second-order valence-corrected chi connectivity index (χ2v) is 4.65. The number of halogens is 1. The van der Waals surface area contributed by atoms with Crippen LogP contribution in [-0.2, 0) is 10.3 Å². The Morgan fingerprint density at radius 2 is 1.85 bits per heavy atom. The molecule has 1 nitrogen and oxygen atoms in total. The van der Waals surface area contributed by atoms with E-state index < -0.39 is 0 Å². The molecule has 1 aromatic rings. The Balaban J connectivity index is 3.15. The maximum atomic E-state index is 5.41. The van der Waals surface area contributed by atoms with Gasteiger partial charge in [0.2, 0.25) is 0 Å². The van der Waals surface area contributed by atoms with Gasteiger partial charge in [-0.25, -0.2) is 0 Å². The van der Waals surface area contributed by atoms with Crippen LogP contribution < -0.4 is 0 Å². The van der Waals surface area contributed by atoms with Crippen LogP contribution in [0.3, 0.4) is 0 Å². The summed E-state index contributed by atoms with van der Waals surface area (Å²) < 4.78 is 6.52. The monoisotopic (exact) mass is 242 g/mol. The fraction of sp³-hybridized carbons (Fsp3) is 0.455. The Labute approximate surface area is 88.2 Å². The van der Waals surface area contributed by atoms with Crippen molar-refractivity contribution in [2.24, 2.45) is 0 Å². The van der Waals surface area contributed by atoms with Crippen molar-refractivity contribution in [3.8, 4) is 0 Å². The Morgan fingerprint density at radius 3 is 2.31 bits per heavy atom. The lowest BCUT2D eigenvalue weighted by atomic mass is 9.97. The molecular formula is C11H15BrO. The first kappa shape index (κ1) is 10.7. The summed E-state index contributed by atoms with van der Waals surface area (Å²) in [5.74, 6) is 0. The third kappa shape index (κ3) is 2.55. The normalized spacial score (nSPS) is 11.8. The maximum absolute atomic E-state index is 5.41. The number of methoxy groups -OCH3 is 1. The molecular weight excluding hydrogens is 228 g/mol. The Morgan fingerprint density at radius 1 is 1.23 bits per heavy atom. The van der Waals surface area contributed by atoms with Gasteiger partial charge in [-0.15, -0.1) is 0 Å². The van der Waals surface area contributed by atoms with Crippen LogP contribution in [-0.4, -0.2) is 7.11 Å². The molecule has 0 saturated heterocycles. The zero-order valence-corrected chi connectivity index (χ0v) is 10.1. The molecule has 1 rings (SSSR count). The van der Waals surface area contributed by atoms with Crippen LogP contribution in [0, 0.1) is 6.92 Å². The predicted octanol–water partition coefficient (Wildman–Crippen LogP) is 3.64. The van der Waals surface area contributed by atoms with E-state index in [1.165, 1.54) is 11.1 Å². The van der Waals surface area contributed by atoms with Crippen LogP contribution in [0.25, 0.3) is 0 Å². The van der Waals surface area contributed by atoms with E-state index in [4.69, 9.17) is 4.74 Å². The summed E-state index contributed by atoms with van der Waals surface area (Å²) >= 11 is 3.48. The molecule has 0 heterocycles. The highest BCUT2D eigenvalue weighted by Crippen LogP contribution is 2.27. The predicted molar refractivity (Wildman–Crippen MR) is 58.9 cm³/mol. The molecule has 0 aliphatic heterocycles. The standard InChI is InChI=1S/C11H15BrO/c1-8-5-9(7-10(12)6-8)11(2,3)13-4/h5-7H,1-4H3. The zero-order valence-electron chi connectivity index (χ0n) is 8.52. The van der Waals surface area contributed by atoms with E-state index >= 15 is 0 Å². The van der Waals surface area contributed by atoms with Crippen LogP contribution in [0.5, 0.6) is 0 Å². The summed E-state index contributed by atoms with van der Waals surface area (Å²) in [6.45, 7) is 6.21. The lowest BCUT2D eigenvalue weighted by Gasteiger charge is -2.24. The second-order valence-electron chi connectivity index (χ2n) is 3.73. The van der Waals surface area contributed by atoms with E-state index in [0.29, 0.717) is 0 Å². The number of rotatable bonds is 2. The van der Waals surface area contributed by atoms with Crippen molar-refractivity contribution in [1.82, 2.24) is 0 Å². The van der Waals surface area contributed by atoms with Gasteiger partial charge in [-0.3, -0.25) is 0 Å². The molecule has 0 atom stereocenters. The third-order valence-corrected chi connectivity index (χ3v) is 2.71. The summed E-state index contributed by atoms with van der Waals surface area (Å²) in [6.07, 6.45) is 0. The minimum Gasteiger partial charge on any atom is -0.374 e. The highest BCUT2D eigenvalue weighted by Gasteiger charge is 2.19. The van der Waals surface area contributed by atoms with Gasteiger partial charge in [0, 0.05) is 11.6 Å². The highest BCUT2D eigenvalue weighted by atomic mass is 79.9. The summed E-state index contributed by atoms with van der Waals surface area (Å²) in [5.41, 5.74) is 2.23. The van der Waals surface area contributed by atoms with Crippen LogP contribution in [0.1, 0.15) is 25.0 Å². The van der Waals surface area contributed by atoms with E-state index in [9.17, 15) is 0 Å². The van der Waals surface area contributed by atoms with Crippen molar-refractivity contribution in [3.05, 3.63) is 33.8 Å². The molecule has 0 spiro atoms. The SMILES string of the molecule is COC(C)(C)c1cc(C)cc(Br)c1. The summed E-state index contributed by atoms with van der Waals surface area (Å²) in [7, 11) is 1.73. The molecule has 0 amide bonds. The Bertz CT molecular complexity index is 285. The van der Waals surface area contributed by atoms with Crippen molar-refractivity contribution >= 4 is 15.9 Å². The van der Waals surface area contributed by atoms with Crippen molar-refractivity contribution < 1.29 is 4.74 Å². The lowest BCUT2D eigenvalue weighted by Crippen LogP contribution is -2.19. The van der Waals surface area contributed by atoms with E-state index in [1.807, 2.05) is 0 Å². The van der Waals surface area contributed by atoms with Crippen molar-refractivity contribution in [2.45, 2.75) is 26.4 Å². The minimum absolute atomic E-state index is 0.214. The smallest absolute Gasteiger partial charge is 0.0871 e. The van der Waals surface area contributed by atoms with Crippen molar-refractivity contribution in [2.75, 3.05) is 7.11 Å². The molecule has 0 aromatic heterocycles. The van der Waals surface area contributed by atoms with E-state index in [1.54, 1.807) is 7.11 Å². The first-order chi connectivity index (χ1) is 5.95. The molecule has 1 aromatic carbocycles. The fourth-order valence-corrected chi connectivity index (χ4v) is 1.81. The second kappa shape index (κ2) is 3.81. The van der Waals surface area contributed by atoms with E-state index in [0.717, 1.165) is 4.47 Å². The summed E-state index contributed by atoms with van der Waals surface area (Å²) in [6, 6.07) is 6.33. The largest absolute Gasteiger partial charge is 0.374 e. The molecule has 0 aliphatic rings. The van der Waals surface area contributed by atoms with Gasteiger partial charge in [0.05, 0.1) is 5.60 Å². The molecule has 0 bridgehead atoms. The average Bonchev–Trinajstić information content (AvgIpc) is 2.02.